The number of hydrogen-bond acceptors (Lipinski definition) is 5. The Morgan fingerprint density at radius 2 is 1.87 bits per heavy atom. The van der Waals surface area contributed by atoms with Crippen LogP contribution in [0.15, 0.2) is 29.3 Å². The molecule has 2 N–H and O–H groups in total. The van der Waals surface area contributed by atoms with E-state index >= 15 is 0 Å². The molecule has 10 heteroatoms. The second-order valence-electron chi connectivity index (χ2n) is 7.12. The predicted molar refractivity (Wildman–Crippen MR) is 133 cm³/mol. The molecule has 0 atom stereocenters. The summed E-state index contributed by atoms with van der Waals surface area (Å²) in [5.74, 6) is 0.716. The normalized spacial score (nSPS) is 15.7. The summed E-state index contributed by atoms with van der Waals surface area (Å²) >= 11 is 0. The van der Waals surface area contributed by atoms with Crippen molar-refractivity contribution in [2.24, 2.45) is 4.99 Å². The van der Waals surface area contributed by atoms with E-state index in [4.69, 9.17) is 4.74 Å². The minimum absolute atomic E-state index is 0. The minimum Gasteiger partial charge on any atom is -0.379 e. The Bertz CT molecular complexity index is 755. The molecule has 1 aromatic carbocycles. The Labute approximate surface area is 198 Å². The Morgan fingerprint density at radius 3 is 2.47 bits per heavy atom. The summed E-state index contributed by atoms with van der Waals surface area (Å²) in [4.78, 5) is 6.68. The molecule has 2 rings (SSSR count). The van der Waals surface area contributed by atoms with Gasteiger partial charge < -0.3 is 15.4 Å². The van der Waals surface area contributed by atoms with Crippen LogP contribution in [-0.4, -0.2) is 82.8 Å². The molecule has 0 saturated carbocycles. The highest BCUT2D eigenvalue weighted by Gasteiger charge is 2.14. The molecular formula is C20H36IN5O3S. The first-order valence-electron chi connectivity index (χ1n) is 10.2. The molecule has 1 saturated heterocycles. The van der Waals surface area contributed by atoms with Gasteiger partial charge in [-0.25, -0.2) is 12.7 Å². The van der Waals surface area contributed by atoms with Crippen LogP contribution in [0, 0.1) is 0 Å². The molecule has 1 heterocycles. The first kappa shape index (κ1) is 27.1. The van der Waals surface area contributed by atoms with E-state index in [9.17, 15) is 8.42 Å². The number of rotatable bonds is 10. The summed E-state index contributed by atoms with van der Waals surface area (Å²) in [6, 6.07) is 8.45. The van der Waals surface area contributed by atoms with Crippen LogP contribution in [0.4, 0.5) is 0 Å². The first-order chi connectivity index (χ1) is 13.9. The fourth-order valence-electron chi connectivity index (χ4n) is 3.30. The van der Waals surface area contributed by atoms with Crippen LogP contribution in [0.1, 0.15) is 24.5 Å². The van der Waals surface area contributed by atoms with Crippen LogP contribution in [0.2, 0.25) is 0 Å². The molecule has 0 unspecified atom stereocenters. The minimum atomic E-state index is -3.14. The molecule has 1 aliphatic heterocycles. The van der Waals surface area contributed by atoms with Crippen molar-refractivity contribution in [3.63, 3.8) is 0 Å². The van der Waals surface area contributed by atoms with Gasteiger partial charge in [-0.1, -0.05) is 31.2 Å². The lowest BCUT2D eigenvalue weighted by Crippen LogP contribution is -2.39. The van der Waals surface area contributed by atoms with E-state index < -0.39 is 10.0 Å². The topological polar surface area (TPSA) is 86.3 Å². The number of benzene rings is 1. The summed E-state index contributed by atoms with van der Waals surface area (Å²) < 4.78 is 30.2. The molecule has 1 fully saturated rings. The maximum absolute atomic E-state index is 11.6. The first-order valence-corrected chi connectivity index (χ1v) is 12.1. The van der Waals surface area contributed by atoms with Crippen LogP contribution >= 0.6 is 24.0 Å². The van der Waals surface area contributed by atoms with Gasteiger partial charge in [-0.15, -0.1) is 24.0 Å². The Kier molecular flexibility index (Phi) is 12.8. The van der Waals surface area contributed by atoms with Crippen LogP contribution in [0.3, 0.4) is 0 Å². The predicted octanol–water partition coefficient (Wildman–Crippen LogP) is 1.47. The van der Waals surface area contributed by atoms with E-state index in [1.54, 1.807) is 7.05 Å². The third kappa shape index (κ3) is 9.46. The van der Waals surface area contributed by atoms with Gasteiger partial charge in [0.1, 0.15) is 0 Å². The Hall–Kier alpha value is -0.950. The quantitative estimate of drug-likeness (QED) is 0.198. The lowest BCUT2D eigenvalue weighted by Gasteiger charge is -2.27. The van der Waals surface area contributed by atoms with Crippen LogP contribution in [0.25, 0.3) is 0 Å². The molecule has 0 spiro atoms. The van der Waals surface area contributed by atoms with E-state index in [1.165, 1.54) is 21.7 Å². The van der Waals surface area contributed by atoms with Gasteiger partial charge in [0, 0.05) is 52.9 Å². The molecule has 1 aromatic rings. The Morgan fingerprint density at radius 1 is 1.20 bits per heavy atom. The second kappa shape index (κ2) is 14.2. The molecule has 0 aliphatic carbocycles. The van der Waals surface area contributed by atoms with E-state index in [1.807, 2.05) is 6.92 Å². The number of morpholine rings is 1. The molecule has 1 aliphatic rings. The van der Waals surface area contributed by atoms with E-state index in [0.29, 0.717) is 32.1 Å². The van der Waals surface area contributed by atoms with Gasteiger partial charge in [-0.2, -0.15) is 0 Å². The summed E-state index contributed by atoms with van der Waals surface area (Å²) in [5, 5.41) is 6.62. The summed E-state index contributed by atoms with van der Waals surface area (Å²) in [5.41, 5.74) is 2.56. The van der Waals surface area contributed by atoms with E-state index in [0.717, 1.165) is 39.3 Å². The van der Waals surface area contributed by atoms with Crippen molar-refractivity contribution in [3.05, 3.63) is 35.4 Å². The van der Waals surface area contributed by atoms with Gasteiger partial charge in [-0.05, 0) is 17.5 Å². The maximum atomic E-state index is 11.6. The lowest BCUT2D eigenvalue weighted by molar-refractivity contribution is 0.0341. The van der Waals surface area contributed by atoms with Gasteiger partial charge in [-0.3, -0.25) is 9.89 Å². The van der Waals surface area contributed by atoms with E-state index in [2.05, 4.69) is 44.8 Å². The van der Waals surface area contributed by atoms with Gasteiger partial charge in [0.05, 0.1) is 19.5 Å². The average Bonchev–Trinajstić information content (AvgIpc) is 2.71. The Balaban J connectivity index is 0.00000450. The summed E-state index contributed by atoms with van der Waals surface area (Å²) in [6.07, 6.45) is 1.97. The monoisotopic (exact) mass is 553 g/mol. The molecule has 0 radical (unpaired) electrons. The molecule has 0 amide bonds. The SMILES string of the molecule is CCN(CCCNC(=NC)NCc1ccccc1CN1CCOCC1)S(C)(=O)=O.I. The van der Waals surface area contributed by atoms with Gasteiger partial charge in [0.25, 0.3) is 0 Å². The van der Waals surface area contributed by atoms with Crippen molar-refractivity contribution < 1.29 is 13.2 Å². The zero-order valence-corrected chi connectivity index (χ0v) is 21.4. The van der Waals surface area contributed by atoms with Gasteiger partial charge in [0.15, 0.2) is 5.96 Å². The van der Waals surface area contributed by atoms with Crippen molar-refractivity contribution >= 4 is 40.0 Å². The molecule has 0 aromatic heterocycles. The molecule has 172 valence electrons. The van der Waals surface area contributed by atoms with Crippen LogP contribution in [-0.2, 0) is 27.8 Å². The number of ether oxygens (including phenoxy) is 1. The van der Waals surface area contributed by atoms with Crippen molar-refractivity contribution in [2.45, 2.75) is 26.4 Å². The summed E-state index contributed by atoms with van der Waals surface area (Å²) in [7, 11) is -1.40. The number of halogens is 1. The number of sulfonamides is 1. The number of aliphatic imine (C=N–C) groups is 1. The number of nitrogens with one attached hydrogen (secondary N) is 2. The smallest absolute Gasteiger partial charge is 0.211 e. The van der Waals surface area contributed by atoms with Crippen molar-refractivity contribution in [1.29, 1.82) is 0 Å². The maximum Gasteiger partial charge on any atom is 0.211 e. The molecule has 8 nitrogen and oxygen atoms in total. The number of guanidine groups is 1. The molecule has 30 heavy (non-hydrogen) atoms. The number of nitrogens with zero attached hydrogens (tertiary/aromatic N) is 3. The van der Waals surface area contributed by atoms with Crippen LogP contribution < -0.4 is 10.6 Å². The highest BCUT2D eigenvalue weighted by atomic mass is 127. The fraction of sp³-hybridized carbons (Fsp3) is 0.650. The van der Waals surface area contributed by atoms with Crippen LogP contribution in [0.5, 0.6) is 0 Å². The second-order valence-corrected chi connectivity index (χ2v) is 9.10. The van der Waals surface area contributed by atoms with Crippen molar-refractivity contribution in [2.75, 3.05) is 59.2 Å². The highest BCUT2D eigenvalue weighted by molar-refractivity contribution is 14.0. The average molecular weight is 554 g/mol. The third-order valence-electron chi connectivity index (χ3n) is 4.98. The zero-order valence-electron chi connectivity index (χ0n) is 18.3. The van der Waals surface area contributed by atoms with Crippen molar-refractivity contribution in [3.8, 4) is 0 Å². The fourth-order valence-corrected chi connectivity index (χ4v) is 4.23. The standard InChI is InChI=1S/C20H35N5O3S.HI/c1-4-25(29(3,26)27)11-7-10-22-20(21-2)23-16-18-8-5-6-9-19(18)17-24-12-14-28-15-13-24;/h5-6,8-9H,4,7,10-17H2,1-3H3,(H2,21,22,23);1H. The van der Waals surface area contributed by atoms with Gasteiger partial charge >= 0.3 is 0 Å². The van der Waals surface area contributed by atoms with E-state index in [-0.39, 0.29) is 24.0 Å². The largest absolute Gasteiger partial charge is 0.379 e. The highest BCUT2D eigenvalue weighted by Crippen LogP contribution is 2.13. The molecule has 0 bridgehead atoms. The van der Waals surface area contributed by atoms with Crippen molar-refractivity contribution in [1.82, 2.24) is 19.8 Å². The summed E-state index contributed by atoms with van der Waals surface area (Å²) in [6.45, 7) is 8.63. The zero-order chi connectivity index (χ0) is 21.1. The lowest BCUT2D eigenvalue weighted by atomic mass is 10.1. The number of hydrogen-bond donors (Lipinski definition) is 2. The molecular weight excluding hydrogens is 517 g/mol. The van der Waals surface area contributed by atoms with Gasteiger partial charge in [0.2, 0.25) is 10.0 Å². The third-order valence-corrected chi connectivity index (χ3v) is 6.36.